The summed E-state index contributed by atoms with van der Waals surface area (Å²) in [7, 11) is 0. The predicted octanol–water partition coefficient (Wildman–Crippen LogP) is 2.64. The summed E-state index contributed by atoms with van der Waals surface area (Å²) < 4.78 is 0. The smallest absolute Gasteiger partial charge is 0.252 e. The Morgan fingerprint density at radius 3 is 2.47 bits per heavy atom. The highest BCUT2D eigenvalue weighted by atomic mass is 16.1. The van der Waals surface area contributed by atoms with Crippen molar-refractivity contribution in [2.45, 2.75) is 19.8 Å². The highest BCUT2D eigenvalue weighted by molar-refractivity contribution is 5.53. The van der Waals surface area contributed by atoms with Crippen LogP contribution in [-0.2, 0) is 0 Å². The number of nitrogens with zero attached hydrogens (tertiary/aromatic N) is 1. The third-order valence-corrected chi connectivity index (χ3v) is 2.51. The quantitative estimate of drug-likeness (QED) is 0.850. The first-order chi connectivity index (χ1) is 8.15. The maximum atomic E-state index is 11.1. The summed E-state index contributed by atoms with van der Waals surface area (Å²) in [5.41, 5.74) is 2.02. The second-order valence-corrected chi connectivity index (χ2v) is 4.18. The monoisotopic (exact) mass is 229 g/mol. The van der Waals surface area contributed by atoms with Crippen molar-refractivity contribution in [1.82, 2.24) is 9.97 Å². The van der Waals surface area contributed by atoms with Crippen molar-refractivity contribution in [2.75, 3.05) is 5.32 Å². The first kappa shape index (κ1) is 11.4. The molecule has 2 rings (SSSR count). The van der Waals surface area contributed by atoms with Crippen LogP contribution < -0.4 is 10.9 Å². The van der Waals surface area contributed by atoms with Crippen LogP contribution in [0.5, 0.6) is 0 Å². The van der Waals surface area contributed by atoms with E-state index in [0.29, 0.717) is 11.9 Å². The van der Waals surface area contributed by atoms with Gasteiger partial charge >= 0.3 is 0 Å². The van der Waals surface area contributed by atoms with Gasteiger partial charge in [-0.2, -0.15) is 0 Å². The Morgan fingerprint density at radius 2 is 1.88 bits per heavy atom. The van der Waals surface area contributed by atoms with Gasteiger partial charge in [0.15, 0.2) is 0 Å². The number of hydrogen-bond donors (Lipinski definition) is 2. The molecule has 0 spiro atoms. The molecule has 2 aromatic rings. The highest BCUT2D eigenvalue weighted by Gasteiger charge is 2.00. The molecule has 4 heteroatoms. The third-order valence-electron chi connectivity index (χ3n) is 2.51. The van der Waals surface area contributed by atoms with Crippen LogP contribution in [0, 0.1) is 0 Å². The van der Waals surface area contributed by atoms with Gasteiger partial charge in [-0.25, -0.2) is 4.98 Å². The van der Waals surface area contributed by atoms with Crippen LogP contribution in [0.25, 0.3) is 0 Å². The molecule has 1 aromatic carbocycles. The van der Waals surface area contributed by atoms with Crippen LogP contribution in [0.3, 0.4) is 0 Å². The molecule has 0 aliphatic carbocycles. The van der Waals surface area contributed by atoms with Crippen molar-refractivity contribution in [3.8, 4) is 0 Å². The van der Waals surface area contributed by atoms with Gasteiger partial charge in [0.1, 0.15) is 0 Å². The molecular weight excluding hydrogens is 214 g/mol. The van der Waals surface area contributed by atoms with E-state index < -0.39 is 0 Å². The fraction of sp³-hybridized carbons (Fsp3) is 0.231. The number of H-pyrrole nitrogens is 1. The second kappa shape index (κ2) is 4.82. The van der Waals surface area contributed by atoms with Crippen molar-refractivity contribution in [3.05, 3.63) is 52.4 Å². The molecule has 0 atom stereocenters. The molecular formula is C13H15N3O. The summed E-state index contributed by atoms with van der Waals surface area (Å²) in [6, 6.07) is 9.46. The van der Waals surface area contributed by atoms with Gasteiger partial charge in [0.2, 0.25) is 5.95 Å². The SMILES string of the molecule is CC(C)c1ccc(Nc2nccc(=O)[nH]2)cc1. The Labute approximate surface area is 99.7 Å². The minimum Gasteiger partial charge on any atom is -0.326 e. The lowest BCUT2D eigenvalue weighted by Gasteiger charge is -2.08. The van der Waals surface area contributed by atoms with Crippen LogP contribution in [0.4, 0.5) is 11.6 Å². The maximum absolute atomic E-state index is 11.1. The van der Waals surface area contributed by atoms with Gasteiger partial charge < -0.3 is 5.32 Å². The van der Waals surface area contributed by atoms with E-state index in [1.807, 2.05) is 12.1 Å². The van der Waals surface area contributed by atoms with Crippen LogP contribution in [0.1, 0.15) is 25.3 Å². The lowest BCUT2D eigenvalue weighted by atomic mass is 10.0. The standard InChI is InChI=1S/C13H15N3O/c1-9(2)10-3-5-11(6-4-10)15-13-14-8-7-12(17)16-13/h3-9H,1-2H3,(H2,14,15,16,17). The minimum atomic E-state index is -0.165. The largest absolute Gasteiger partial charge is 0.326 e. The summed E-state index contributed by atoms with van der Waals surface area (Å²) in [4.78, 5) is 17.7. The zero-order chi connectivity index (χ0) is 12.3. The fourth-order valence-corrected chi connectivity index (χ4v) is 1.52. The number of aromatic amines is 1. The fourth-order valence-electron chi connectivity index (χ4n) is 1.52. The number of hydrogen-bond acceptors (Lipinski definition) is 3. The molecule has 2 N–H and O–H groups in total. The first-order valence-electron chi connectivity index (χ1n) is 5.57. The zero-order valence-corrected chi connectivity index (χ0v) is 9.90. The average molecular weight is 229 g/mol. The number of rotatable bonds is 3. The molecule has 0 bridgehead atoms. The van der Waals surface area contributed by atoms with E-state index in [1.165, 1.54) is 17.8 Å². The van der Waals surface area contributed by atoms with Gasteiger partial charge in [-0.15, -0.1) is 0 Å². The predicted molar refractivity (Wildman–Crippen MR) is 68.7 cm³/mol. The number of aromatic nitrogens is 2. The van der Waals surface area contributed by atoms with Crippen molar-refractivity contribution >= 4 is 11.6 Å². The molecule has 0 radical (unpaired) electrons. The molecule has 1 heterocycles. The van der Waals surface area contributed by atoms with Gasteiger partial charge in [-0.3, -0.25) is 9.78 Å². The highest BCUT2D eigenvalue weighted by Crippen LogP contribution is 2.18. The van der Waals surface area contributed by atoms with E-state index in [4.69, 9.17) is 0 Å². The Balaban J connectivity index is 2.16. The molecule has 0 aliphatic rings. The van der Waals surface area contributed by atoms with Gasteiger partial charge in [-0.05, 0) is 23.6 Å². The van der Waals surface area contributed by atoms with E-state index in [9.17, 15) is 4.79 Å². The number of benzene rings is 1. The van der Waals surface area contributed by atoms with Crippen molar-refractivity contribution in [2.24, 2.45) is 0 Å². The van der Waals surface area contributed by atoms with Crippen molar-refractivity contribution in [1.29, 1.82) is 0 Å². The van der Waals surface area contributed by atoms with Crippen LogP contribution >= 0.6 is 0 Å². The third kappa shape index (κ3) is 2.93. The molecule has 0 amide bonds. The van der Waals surface area contributed by atoms with Gasteiger partial charge in [-0.1, -0.05) is 26.0 Å². The van der Waals surface area contributed by atoms with Gasteiger partial charge in [0.05, 0.1) is 0 Å². The molecule has 88 valence electrons. The topological polar surface area (TPSA) is 57.8 Å². The molecule has 0 unspecified atom stereocenters. The Hall–Kier alpha value is -2.10. The molecule has 0 saturated heterocycles. The van der Waals surface area contributed by atoms with E-state index in [2.05, 4.69) is 41.3 Å². The van der Waals surface area contributed by atoms with Gasteiger partial charge in [0.25, 0.3) is 5.56 Å². The van der Waals surface area contributed by atoms with Crippen LogP contribution in [0.15, 0.2) is 41.3 Å². The molecule has 17 heavy (non-hydrogen) atoms. The summed E-state index contributed by atoms with van der Waals surface area (Å²) >= 11 is 0. The van der Waals surface area contributed by atoms with E-state index in [-0.39, 0.29) is 5.56 Å². The Morgan fingerprint density at radius 1 is 1.18 bits per heavy atom. The van der Waals surface area contributed by atoms with E-state index in [0.717, 1.165) is 5.69 Å². The number of anilines is 2. The second-order valence-electron chi connectivity index (χ2n) is 4.18. The first-order valence-corrected chi connectivity index (χ1v) is 5.57. The molecule has 0 fully saturated rings. The van der Waals surface area contributed by atoms with Gasteiger partial charge in [0, 0.05) is 18.0 Å². The summed E-state index contributed by atoms with van der Waals surface area (Å²) in [5, 5.41) is 3.04. The normalized spacial score (nSPS) is 10.5. The molecule has 0 aliphatic heterocycles. The lowest BCUT2D eigenvalue weighted by Crippen LogP contribution is -2.08. The summed E-state index contributed by atoms with van der Waals surface area (Å²) in [5.74, 6) is 0.966. The Kier molecular flexibility index (Phi) is 3.23. The van der Waals surface area contributed by atoms with E-state index in [1.54, 1.807) is 0 Å². The molecule has 1 aromatic heterocycles. The van der Waals surface area contributed by atoms with Crippen LogP contribution in [0.2, 0.25) is 0 Å². The minimum absolute atomic E-state index is 0.165. The lowest BCUT2D eigenvalue weighted by molar-refractivity contribution is 0.867. The molecule has 0 saturated carbocycles. The van der Waals surface area contributed by atoms with E-state index >= 15 is 0 Å². The molecule has 4 nitrogen and oxygen atoms in total. The van der Waals surface area contributed by atoms with Crippen molar-refractivity contribution in [3.63, 3.8) is 0 Å². The summed E-state index contributed by atoms with van der Waals surface area (Å²) in [6.07, 6.45) is 1.48. The Bertz CT molecular complexity index is 543. The average Bonchev–Trinajstić information content (AvgIpc) is 2.29. The zero-order valence-electron chi connectivity index (χ0n) is 9.90. The maximum Gasteiger partial charge on any atom is 0.252 e. The van der Waals surface area contributed by atoms with Crippen LogP contribution in [-0.4, -0.2) is 9.97 Å². The summed E-state index contributed by atoms with van der Waals surface area (Å²) in [6.45, 7) is 4.30. The van der Waals surface area contributed by atoms with Crippen molar-refractivity contribution < 1.29 is 0 Å². The number of nitrogens with one attached hydrogen (secondary N) is 2.